The SMILES string of the molecule is O=Cc1c(Br)nn(-c2ccc(Cl)c(Cl)c2)c1Br. The third-order valence-corrected chi connectivity index (χ3v) is 4.17. The van der Waals surface area contributed by atoms with Crippen molar-refractivity contribution in [3.63, 3.8) is 0 Å². The maximum atomic E-state index is 10.9. The number of hydrogen-bond acceptors (Lipinski definition) is 2. The Hall–Kier alpha value is -0.360. The first kappa shape index (κ1) is 13.1. The molecule has 2 rings (SSSR count). The van der Waals surface area contributed by atoms with Gasteiger partial charge < -0.3 is 0 Å². The van der Waals surface area contributed by atoms with E-state index in [1.54, 1.807) is 22.9 Å². The predicted molar refractivity (Wildman–Crippen MR) is 74.4 cm³/mol. The molecular formula is C10H4Br2Cl2N2O. The average molecular weight is 399 g/mol. The van der Waals surface area contributed by atoms with Crippen LogP contribution in [0.3, 0.4) is 0 Å². The number of aldehydes is 1. The molecule has 0 bridgehead atoms. The molecule has 0 unspecified atom stereocenters. The number of halogens is 4. The molecule has 0 saturated carbocycles. The van der Waals surface area contributed by atoms with Gasteiger partial charge in [0.15, 0.2) is 6.29 Å². The van der Waals surface area contributed by atoms with Crippen molar-refractivity contribution in [3.05, 3.63) is 43.0 Å². The maximum absolute atomic E-state index is 10.9. The van der Waals surface area contributed by atoms with Gasteiger partial charge in [0.1, 0.15) is 9.21 Å². The van der Waals surface area contributed by atoms with Crippen LogP contribution < -0.4 is 0 Å². The summed E-state index contributed by atoms with van der Waals surface area (Å²) in [7, 11) is 0. The largest absolute Gasteiger partial charge is 0.298 e. The first-order valence-electron chi connectivity index (χ1n) is 4.39. The number of rotatable bonds is 2. The highest BCUT2D eigenvalue weighted by molar-refractivity contribution is 9.11. The van der Waals surface area contributed by atoms with E-state index in [1.165, 1.54) is 0 Å². The van der Waals surface area contributed by atoms with E-state index in [9.17, 15) is 4.79 Å². The Kier molecular flexibility index (Phi) is 3.92. The number of benzene rings is 1. The molecule has 2 aromatic rings. The number of nitrogens with zero attached hydrogens (tertiary/aromatic N) is 2. The van der Waals surface area contributed by atoms with Gasteiger partial charge in [0.25, 0.3) is 0 Å². The molecule has 1 aromatic heterocycles. The van der Waals surface area contributed by atoms with Gasteiger partial charge in [-0.1, -0.05) is 23.2 Å². The predicted octanol–water partition coefficient (Wildman–Crippen LogP) is 4.52. The quantitative estimate of drug-likeness (QED) is 0.697. The van der Waals surface area contributed by atoms with E-state index in [1.807, 2.05) is 0 Å². The molecule has 1 aromatic carbocycles. The van der Waals surface area contributed by atoms with Crippen molar-refractivity contribution in [2.24, 2.45) is 0 Å². The van der Waals surface area contributed by atoms with Gasteiger partial charge in [0.05, 0.1) is 21.3 Å². The van der Waals surface area contributed by atoms with Crippen molar-refractivity contribution in [2.45, 2.75) is 0 Å². The lowest BCUT2D eigenvalue weighted by atomic mass is 10.3. The minimum atomic E-state index is 0.426. The average Bonchev–Trinajstić information content (AvgIpc) is 2.58. The summed E-state index contributed by atoms with van der Waals surface area (Å²) in [6.45, 7) is 0. The lowest BCUT2D eigenvalue weighted by molar-refractivity contribution is 0.112. The monoisotopic (exact) mass is 396 g/mol. The molecule has 88 valence electrons. The van der Waals surface area contributed by atoms with E-state index in [0.29, 0.717) is 30.5 Å². The van der Waals surface area contributed by atoms with Gasteiger partial charge in [-0.05, 0) is 50.1 Å². The van der Waals surface area contributed by atoms with Crippen LogP contribution in [0.4, 0.5) is 0 Å². The molecule has 0 amide bonds. The van der Waals surface area contributed by atoms with Crippen molar-refractivity contribution in [1.29, 1.82) is 0 Å². The van der Waals surface area contributed by atoms with Gasteiger partial charge in [-0.25, -0.2) is 4.68 Å². The first-order valence-corrected chi connectivity index (χ1v) is 6.73. The van der Waals surface area contributed by atoms with Crippen LogP contribution >= 0.6 is 55.1 Å². The van der Waals surface area contributed by atoms with Crippen LogP contribution in [-0.2, 0) is 0 Å². The number of hydrogen-bond donors (Lipinski definition) is 0. The Bertz CT molecular complexity index is 598. The molecule has 17 heavy (non-hydrogen) atoms. The molecule has 0 radical (unpaired) electrons. The highest BCUT2D eigenvalue weighted by Crippen LogP contribution is 2.29. The van der Waals surface area contributed by atoms with Crippen LogP contribution in [0.1, 0.15) is 10.4 Å². The summed E-state index contributed by atoms with van der Waals surface area (Å²) in [6.07, 6.45) is 0.717. The fourth-order valence-corrected chi connectivity index (χ4v) is 2.83. The molecule has 0 N–H and O–H groups in total. The zero-order valence-corrected chi connectivity index (χ0v) is 12.8. The summed E-state index contributed by atoms with van der Waals surface area (Å²) in [6, 6.07) is 5.09. The topological polar surface area (TPSA) is 34.9 Å². The summed E-state index contributed by atoms with van der Waals surface area (Å²) < 4.78 is 2.57. The molecule has 0 fully saturated rings. The smallest absolute Gasteiger partial charge is 0.155 e. The van der Waals surface area contributed by atoms with E-state index >= 15 is 0 Å². The molecule has 3 nitrogen and oxygen atoms in total. The minimum absolute atomic E-state index is 0.426. The van der Waals surface area contributed by atoms with Gasteiger partial charge >= 0.3 is 0 Å². The van der Waals surface area contributed by atoms with E-state index in [4.69, 9.17) is 23.2 Å². The normalized spacial score (nSPS) is 10.6. The van der Waals surface area contributed by atoms with E-state index in [-0.39, 0.29) is 0 Å². The lowest BCUT2D eigenvalue weighted by Crippen LogP contribution is -1.96. The molecule has 0 aliphatic rings. The second kappa shape index (κ2) is 5.10. The van der Waals surface area contributed by atoms with E-state index < -0.39 is 0 Å². The zero-order chi connectivity index (χ0) is 12.6. The van der Waals surface area contributed by atoms with Crippen LogP contribution in [0.5, 0.6) is 0 Å². The van der Waals surface area contributed by atoms with Gasteiger partial charge in [0, 0.05) is 0 Å². The van der Waals surface area contributed by atoms with Crippen LogP contribution in [0.15, 0.2) is 27.4 Å². The Morgan fingerprint density at radius 1 is 1.24 bits per heavy atom. The first-order chi connectivity index (χ1) is 8.04. The highest BCUT2D eigenvalue weighted by atomic mass is 79.9. The lowest BCUT2D eigenvalue weighted by Gasteiger charge is -2.04. The molecule has 0 spiro atoms. The summed E-state index contributed by atoms with van der Waals surface area (Å²) in [4.78, 5) is 10.9. The summed E-state index contributed by atoms with van der Waals surface area (Å²) in [5, 5.41) is 5.07. The van der Waals surface area contributed by atoms with Crippen molar-refractivity contribution < 1.29 is 4.79 Å². The van der Waals surface area contributed by atoms with Crippen LogP contribution in [-0.4, -0.2) is 16.1 Å². The van der Waals surface area contributed by atoms with Gasteiger partial charge in [-0.3, -0.25) is 4.79 Å². The minimum Gasteiger partial charge on any atom is -0.298 e. The van der Waals surface area contributed by atoms with Crippen molar-refractivity contribution in [3.8, 4) is 5.69 Å². The summed E-state index contributed by atoms with van der Waals surface area (Å²) >= 11 is 18.3. The van der Waals surface area contributed by atoms with Gasteiger partial charge in [-0.15, -0.1) is 0 Å². The summed E-state index contributed by atoms with van der Waals surface area (Å²) in [5.74, 6) is 0. The highest BCUT2D eigenvalue weighted by Gasteiger charge is 2.15. The number of aromatic nitrogens is 2. The second-order valence-electron chi connectivity index (χ2n) is 3.12. The van der Waals surface area contributed by atoms with Crippen molar-refractivity contribution >= 4 is 61.3 Å². The molecule has 0 saturated heterocycles. The van der Waals surface area contributed by atoms with Crippen molar-refractivity contribution in [2.75, 3.05) is 0 Å². The maximum Gasteiger partial charge on any atom is 0.155 e. The molecule has 0 aliphatic carbocycles. The molecule has 7 heteroatoms. The van der Waals surface area contributed by atoms with Crippen LogP contribution in [0.2, 0.25) is 10.0 Å². The zero-order valence-electron chi connectivity index (χ0n) is 8.12. The Morgan fingerprint density at radius 3 is 2.47 bits per heavy atom. The Morgan fingerprint density at radius 2 is 1.94 bits per heavy atom. The van der Waals surface area contributed by atoms with E-state index in [2.05, 4.69) is 37.0 Å². The Labute approximate surface area is 124 Å². The number of carbonyl (C=O) groups is 1. The second-order valence-corrected chi connectivity index (χ2v) is 5.44. The van der Waals surface area contributed by atoms with E-state index in [0.717, 1.165) is 6.29 Å². The molecule has 0 atom stereocenters. The molecular weight excluding hydrogens is 395 g/mol. The molecule has 1 heterocycles. The standard InChI is InChI=1S/C10H4Br2Cl2N2O/c11-9-6(4-17)10(12)16(15-9)5-1-2-7(13)8(14)3-5/h1-4H. The van der Waals surface area contributed by atoms with Gasteiger partial charge in [-0.2, -0.15) is 5.10 Å². The van der Waals surface area contributed by atoms with Crippen LogP contribution in [0.25, 0.3) is 5.69 Å². The third kappa shape index (κ3) is 2.42. The fourth-order valence-electron chi connectivity index (χ4n) is 1.27. The summed E-state index contributed by atoms with van der Waals surface area (Å²) in [5.41, 5.74) is 1.15. The third-order valence-electron chi connectivity index (χ3n) is 2.08. The number of carbonyl (C=O) groups excluding carboxylic acids is 1. The van der Waals surface area contributed by atoms with Crippen LogP contribution in [0, 0.1) is 0 Å². The Balaban J connectivity index is 2.60. The fraction of sp³-hybridized carbons (Fsp3) is 0. The van der Waals surface area contributed by atoms with Crippen molar-refractivity contribution in [1.82, 2.24) is 9.78 Å². The van der Waals surface area contributed by atoms with Gasteiger partial charge in [0.2, 0.25) is 0 Å². The molecule has 0 aliphatic heterocycles.